The summed E-state index contributed by atoms with van der Waals surface area (Å²) in [6, 6.07) is 10.6. The minimum atomic E-state index is -4.74. The van der Waals surface area contributed by atoms with Crippen molar-refractivity contribution in [2.75, 3.05) is 0 Å². The molecule has 1 amide bonds. The molecule has 0 aliphatic heterocycles. The Hall–Kier alpha value is -3.87. The van der Waals surface area contributed by atoms with E-state index in [1.165, 1.54) is 24.3 Å². The molecule has 0 unspecified atom stereocenters. The van der Waals surface area contributed by atoms with Crippen molar-refractivity contribution >= 4 is 21.4 Å². The number of benzene rings is 2. The first-order chi connectivity index (χ1) is 16.8. The van der Waals surface area contributed by atoms with Crippen LogP contribution in [-0.4, -0.2) is 23.7 Å². The number of imidazole rings is 1. The summed E-state index contributed by atoms with van der Waals surface area (Å²) < 4.78 is 105. The summed E-state index contributed by atoms with van der Waals surface area (Å²) in [5, 5.41) is 2.44. The number of aromatic nitrogens is 2. The van der Waals surface area contributed by atoms with Gasteiger partial charge < -0.3 is 9.72 Å². The van der Waals surface area contributed by atoms with Gasteiger partial charge in [-0.05, 0) is 42.0 Å². The van der Waals surface area contributed by atoms with E-state index in [0.29, 0.717) is 6.07 Å². The summed E-state index contributed by atoms with van der Waals surface area (Å²) in [6.07, 6.45) is -7.47. The summed E-state index contributed by atoms with van der Waals surface area (Å²) in [4.78, 5) is 15.6. The van der Waals surface area contributed by atoms with E-state index in [2.05, 4.69) is 10.3 Å². The quantitative estimate of drug-likeness (QED) is 0.365. The predicted octanol–water partition coefficient (Wildman–Crippen LogP) is 5.13. The molecule has 0 aliphatic carbocycles. The number of hydrogen-bond acceptors (Lipinski definition) is 4. The third-order valence-corrected chi connectivity index (χ3v) is 7.04. The number of hydrogen-bond donors (Lipinski definition) is 1. The molecule has 2 aromatic carbocycles. The van der Waals surface area contributed by atoms with Crippen LogP contribution in [0.2, 0.25) is 0 Å². The number of carbonyl (C=O) groups excluding carboxylic acids is 1. The maximum absolute atomic E-state index is 13.1. The van der Waals surface area contributed by atoms with Crippen molar-refractivity contribution in [3.05, 3.63) is 95.4 Å². The van der Waals surface area contributed by atoms with Gasteiger partial charge in [0.15, 0.2) is 0 Å². The van der Waals surface area contributed by atoms with Gasteiger partial charge in [0.2, 0.25) is 9.84 Å². The summed E-state index contributed by atoms with van der Waals surface area (Å²) >= 11 is 0. The monoisotopic (exact) mass is 527 g/mol. The van der Waals surface area contributed by atoms with Crippen molar-refractivity contribution < 1.29 is 39.6 Å². The Morgan fingerprint density at radius 2 is 1.56 bits per heavy atom. The molecule has 0 atom stereocenters. The lowest BCUT2D eigenvalue weighted by molar-refractivity contribution is -0.138. The first-order valence-corrected chi connectivity index (χ1v) is 11.6. The van der Waals surface area contributed by atoms with Crippen molar-refractivity contribution in [1.82, 2.24) is 14.7 Å². The zero-order valence-corrected chi connectivity index (χ0v) is 18.7. The fourth-order valence-electron chi connectivity index (χ4n) is 3.41. The standard InChI is InChI=1S/C23H15F6N3O3S/c24-22(25,26)15-5-3-6-17(10-15)36(34,35)19-7-2-1-4-14(19)11-30-21(33)18-13-32-12-16(23(27,28)29)8-9-20(32)31-18/h1-10,12-13H,11H2,(H,30,33). The molecular weight excluding hydrogens is 512 g/mol. The SMILES string of the molecule is O=C(NCc1ccccc1S(=O)(=O)c1cccc(C(F)(F)F)c1)c1cn2cc(C(F)(F)F)ccc2n1. The van der Waals surface area contributed by atoms with Gasteiger partial charge in [-0.3, -0.25) is 4.79 Å². The lowest BCUT2D eigenvalue weighted by Gasteiger charge is -2.13. The molecule has 0 saturated carbocycles. The molecule has 2 aromatic heterocycles. The lowest BCUT2D eigenvalue weighted by Crippen LogP contribution is -2.24. The molecule has 4 aromatic rings. The van der Waals surface area contributed by atoms with Gasteiger partial charge in [0.05, 0.1) is 20.9 Å². The number of carbonyl (C=O) groups is 1. The lowest BCUT2D eigenvalue weighted by atomic mass is 10.2. The van der Waals surface area contributed by atoms with Gasteiger partial charge in [-0.25, -0.2) is 13.4 Å². The number of nitrogens with zero attached hydrogens (tertiary/aromatic N) is 2. The number of amides is 1. The molecule has 0 spiro atoms. The highest BCUT2D eigenvalue weighted by Crippen LogP contribution is 2.33. The Morgan fingerprint density at radius 3 is 2.25 bits per heavy atom. The van der Waals surface area contributed by atoms with Crippen LogP contribution in [-0.2, 0) is 28.7 Å². The second-order valence-electron chi connectivity index (χ2n) is 7.63. The average molecular weight is 527 g/mol. The number of sulfone groups is 1. The van der Waals surface area contributed by atoms with Crippen molar-refractivity contribution in [2.24, 2.45) is 0 Å². The molecule has 0 saturated heterocycles. The first kappa shape index (κ1) is 25.2. The van der Waals surface area contributed by atoms with Crippen LogP contribution in [0.1, 0.15) is 27.2 Å². The van der Waals surface area contributed by atoms with Crippen LogP contribution in [0.15, 0.2) is 82.8 Å². The molecule has 0 radical (unpaired) electrons. The Labute approximate surface area is 200 Å². The van der Waals surface area contributed by atoms with Gasteiger partial charge in [-0.15, -0.1) is 0 Å². The molecular formula is C23H15F6N3O3S. The molecule has 0 aliphatic rings. The molecule has 1 N–H and O–H groups in total. The minimum Gasteiger partial charge on any atom is -0.347 e. The number of pyridine rings is 1. The van der Waals surface area contributed by atoms with E-state index in [-0.39, 0.29) is 28.3 Å². The molecule has 6 nitrogen and oxygen atoms in total. The predicted molar refractivity (Wildman–Crippen MR) is 115 cm³/mol. The van der Waals surface area contributed by atoms with Crippen molar-refractivity contribution in [2.45, 2.75) is 28.7 Å². The molecule has 4 rings (SSSR count). The van der Waals surface area contributed by atoms with E-state index in [4.69, 9.17) is 0 Å². The molecule has 2 heterocycles. The first-order valence-electron chi connectivity index (χ1n) is 10.1. The topological polar surface area (TPSA) is 80.5 Å². The number of fused-ring (bicyclic) bond motifs is 1. The van der Waals surface area contributed by atoms with E-state index in [9.17, 15) is 39.6 Å². The highest BCUT2D eigenvalue weighted by Gasteiger charge is 2.33. The van der Waals surface area contributed by atoms with Gasteiger partial charge in [0.1, 0.15) is 11.3 Å². The molecule has 188 valence electrons. The minimum absolute atomic E-state index is 0.0840. The normalized spacial score (nSPS) is 12.6. The van der Waals surface area contributed by atoms with E-state index in [1.807, 2.05) is 0 Å². The maximum atomic E-state index is 13.1. The second-order valence-corrected chi connectivity index (χ2v) is 9.54. The smallest absolute Gasteiger partial charge is 0.347 e. The summed E-state index contributed by atoms with van der Waals surface area (Å²) in [5.74, 6) is -0.793. The highest BCUT2D eigenvalue weighted by molar-refractivity contribution is 7.91. The van der Waals surface area contributed by atoms with Gasteiger partial charge >= 0.3 is 12.4 Å². The maximum Gasteiger partial charge on any atom is 0.417 e. The number of halogens is 6. The van der Waals surface area contributed by atoms with Crippen LogP contribution in [0, 0.1) is 0 Å². The van der Waals surface area contributed by atoms with Crippen LogP contribution in [0.25, 0.3) is 5.65 Å². The van der Waals surface area contributed by atoms with Gasteiger partial charge in [0, 0.05) is 18.9 Å². The second kappa shape index (κ2) is 8.97. The summed E-state index contributed by atoms with van der Waals surface area (Å²) in [7, 11) is -4.38. The zero-order valence-electron chi connectivity index (χ0n) is 17.9. The average Bonchev–Trinajstić information content (AvgIpc) is 3.25. The molecule has 0 bridgehead atoms. The van der Waals surface area contributed by atoms with Crippen molar-refractivity contribution in [3.8, 4) is 0 Å². The van der Waals surface area contributed by atoms with Gasteiger partial charge in [-0.2, -0.15) is 26.3 Å². The van der Waals surface area contributed by atoms with Crippen LogP contribution in [0.5, 0.6) is 0 Å². The van der Waals surface area contributed by atoms with E-state index in [1.54, 1.807) is 0 Å². The van der Waals surface area contributed by atoms with Crippen LogP contribution in [0.3, 0.4) is 0 Å². The largest absolute Gasteiger partial charge is 0.417 e. The van der Waals surface area contributed by atoms with Gasteiger partial charge in [-0.1, -0.05) is 24.3 Å². The molecule has 13 heteroatoms. The number of nitrogens with one attached hydrogen (secondary N) is 1. The molecule has 0 fully saturated rings. The van der Waals surface area contributed by atoms with E-state index >= 15 is 0 Å². The van der Waals surface area contributed by atoms with E-state index < -0.39 is 44.1 Å². The van der Waals surface area contributed by atoms with Crippen molar-refractivity contribution in [3.63, 3.8) is 0 Å². The highest BCUT2D eigenvalue weighted by atomic mass is 32.2. The third-order valence-electron chi connectivity index (χ3n) is 5.18. The summed E-state index contributed by atoms with van der Waals surface area (Å²) in [6.45, 7) is -0.338. The Morgan fingerprint density at radius 1 is 0.861 bits per heavy atom. The van der Waals surface area contributed by atoms with E-state index in [0.717, 1.165) is 47.1 Å². The van der Waals surface area contributed by atoms with Crippen LogP contribution in [0.4, 0.5) is 26.3 Å². The Kier molecular flexibility index (Phi) is 6.29. The molecule has 36 heavy (non-hydrogen) atoms. The van der Waals surface area contributed by atoms with Crippen LogP contribution < -0.4 is 5.32 Å². The zero-order chi connectivity index (χ0) is 26.3. The Bertz CT molecular complexity index is 1560. The number of rotatable bonds is 5. The Balaban J connectivity index is 1.58. The summed E-state index contributed by atoms with van der Waals surface area (Å²) in [5.41, 5.74) is -2.11. The fourth-order valence-corrected chi connectivity index (χ4v) is 4.95. The fraction of sp³-hybridized carbons (Fsp3) is 0.130. The van der Waals surface area contributed by atoms with Gasteiger partial charge in [0.25, 0.3) is 5.91 Å². The van der Waals surface area contributed by atoms with Crippen molar-refractivity contribution in [1.29, 1.82) is 0 Å². The third kappa shape index (κ3) is 5.05. The van der Waals surface area contributed by atoms with Crippen LogP contribution >= 0.6 is 0 Å². The number of alkyl halides is 6.